The highest BCUT2D eigenvalue weighted by Crippen LogP contribution is 2.23. The smallest absolute Gasteiger partial charge is 0.337 e. The van der Waals surface area contributed by atoms with Crippen molar-refractivity contribution < 1.29 is 18.7 Å². The molecule has 0 radical (unpaired) electrons. The van der Waals surface area contributed by atoms with Crippen LogP contribution in [0.1, 0.15) is 37.9 Å². The Hall–Kier alpha value is -3.47. The number of benzene rings is 3. The lowest BCUT2D eigenvalue weighted by Crippen LogP contribution is -2.29. The first-order valence-corrected chi connectivity index (χ1v) is 8.38. The summed E-state index contributed by atoms with van der Waals surface area (Å²) in [5, 5.41) is 2.97. The van der Waals surface area contributed by atoms with Crippen LogP contribution in [-0.4, -0.2) is 19.0 Å². The summed E-state index contributed by atoms with van der Waals surface area (Å²) in [5.41, 5.74) is 2.42. The molecule has 0 saturated carbocycles. The maximum atomic E-state index is 13.3. The lowest BCUT2D eigenvalue weighted by molar-refractivity contribution is 0.0600. The number of nitrogens with one attached hydrogen (secondary N) is 1. The number of rotatable bonds is 5. The molecular formula is C22H18FNO3. The van der Waals surface area contributed by atoms with Crippen molar-refractivity contribution in [3.05, 3.63) is 107 Å². The first-order valence-electron chi connectivity index (χ1n) is 8.38. The van der Waals surface area contributed by atoms with Crippen LogP contribution in [0.3, 0.4) is 0 Å². The molecule has 1 N–H and O–H groups in total. The van der Waals surface area contributed by atoms with Crippen LogP contribution in [0.2, 0.25) is 0 Å². The molecule has 0 heterocycles. The maximum Gasteiger partial charge on any atom is 0.337 e. The molecule has 1 atom stereocenters. The third kappa shape index (κ3) is 4.39. The van der Waals surface area contributed by atoms with E-state index in [2.05, 4.69) is 10.1 Å². The van der Waals surface area contributed by atoms with E-state index in [1.807, 2.05) is 30.3 Å². The van der Waals surface area contributed by atoms with E-state index in [1.165, 1.54) is 31.4 Å². The minimum Gasteiger partial charge on any atom is -0.465 e. The number of carbonyl (C=O) groups is 2. The van der Waals surface area contributed by atoms with Gasteiger partial charge in [-0.05, 0) is 47.5 Å². The number of esters is 1. The summed E-state index contributed by atoms with van der Waals surface area (Å²) >= 11 is 0. The van der Waals surface area contributed by atoms with Crippen molar-refractivity contribution in [3.63, 3.8) is 0 Å². The third-order valence-corrected chi connectivity index (χ3v) is 4.18. The van der Waals surface area contributed by atoms with Crippen molar-refractivity contribution in [2.24, 2.45) is 0 Å². The number of carbonyl (C=O) groups excluding carboxylic acids is 2. The molecule has 4 nitrogen and oxygen atoms in total. The first-order chi connectivity index (χ1) is 13.1. The lowest BCUT2D eigenvalue weighted by Gasteiger charge is -2.20. The molecule has 0 aliphatic carbocycles. The number of ether oxygens (including phenoxy) is 1. The molecule has 0 saturated heterocycles. The highest BCUT2D eigenvalue weighted by molar-refractivity contribution is 5.96. The van der Waals surface area contributed by atoms with Crippen LogP contribution in [0.15, 0.2) is 78.9 Å². The fourth-order valence-electron chi connectivity index (χ4n) is 2.75. The zero-order chi connectivity index (χ0) is 19.2. The van der Waals surface area contributed by atoms with Crippen molar-refractivity contribution in [2.45, 2.75) is 6.04 Å². The second-order valence-corrected chi connectivity index (χ2v) is 5.94. The lowest BCUT2D eigenvalue weighted by atomic mass is 9.98. The Morgan fingerprint density at radius 1 is 0.815 bits per heavy atom. The molecule has 0 fully saturated rings. The molecule has 1 amide bonds. The normalized spacial score (nSPS) is 11.5. The summed E-state index contributed by atoms with van der Waals surface area (Å²) < 4.78 is 17.9. The summed E-state index contributed by atoms with van der Waals surface area (Å²) in [5.74, 6) is -1.10. The van der Waals surface area contributed by atoms with Crippen molar-refractivity contribution in [1.29, 1.82) is 0 Å². The summed E-state index contributed by atoms with van der Waals surface area (Å²) in [4.78, 5) is 24.2. The van der Waals surface area contributed by atoms with Crippen molar-refractivity contribution >= 4 is 11.9 Å². The Kier molecular flexibility index (Phi) is 5.61. The average Bonchev–Trinajstić information content (AvgIpc) is 2.73. The standard InChI is InChI=1S/C22H18FNO3/c1-27-22(26)18-9-7-17(8-10-18)21(25)24-20(15-5-3-2-4-6-15)16-11-13-19(23)14-12-16/h2-14,20H,1H3,(H,24,25). The Labute approximate surface area is 156 Å². The number of halogens is 1. The summed E-state index contributed by atoms with van der Waals surface area (Å²) in [7, 11) is 1.30. The quantitative estimate of drug-likeness (QED) is 0.694. The monoisotopic (exact) mass is 363 g/mol. The molecule has 0 bridgehead atoms. The molecule has 136 valence electrons. The van der Waals surface area contributed by atoms with Crippen LogP contribution in [0.25, 0.3) is 0 Å². The first kappa shape index (κ1) is 18.3. The molecule has 0 aliphatic rings. The number of methoxy groups -OCH3 is 1. The molecule has 3 aromatic rings. The predicted octanol–water partition coefficient (Wildman–Crippen LogP) is 4.13. The van der Waals surface area contributed by atoms with Crippen molar-refractivity contribution in [2.75, 3.05) is 7.11 Å². The summed E-state index contributed by atoms with van der Waals surface area (Å²) in [6.07, 6.45) is 0. The highest BCUT2D eigenvalue weighted by Gasteiger charge is 2.18. The number of amides is 1. The van der Waals surface area contributed by atoms with Gasteiger partial charge < -0.3 is 10.1 Å². The summed E-state index contributed by atoms with van der Waals surface area (Å²) in [6.45, 7) is 0. The fourth-order valence-corrected chi connectivity index (χ4v) is 2.75. The van der Waals surface area contributed by atoms with Crippen LogP contribution >= 0.6 is 0 Å². The van der Waals surface area contributed by atoms with Gasteiger partial charge >= 0.3 is 5.97 Å². The molecule has 0 spiro atoms. The van der Waals surface area contributed by atoms with Gasteiger partial charge in [0, 0.05) is 5.56 Å². The Morgan fingerprint density at radius 2 is 1.37 bits per heavy atom. The van der Waals surface area contributed by atoms with Crippen molar-refractivity contribution in [3.8, 4) is 0 Å². The number of hydrogen-bond acceptors (Lipinski definition) is 3. The molecular weight excluding hydrogens is 345 g/mol. The van der Waals surface area contributed by atoms with E-state index in [0.29, 0.717) is 11.1 Å². The van der Waals surface area contributed by atoms with Gasteiger partial charge in [-0.15, -0.1) is 0 Å². The van der Waals surface area contributed by atoms with Gasteiger partial charge in [0.2, 0.25) is 0 Å². The summed E-state index contributed by atoms with van der Waals surface area (Å²) in [6, 6.07) is 21.2. The second kappa shape index (κ2) is 8.27. The van der Waals surface area contributed by atoms with Gasteiger partial charge in [-0.25, -0.2) is 9.18 Å². The zero-order valence-electron chi connectivity index (χ0n) is 14.7. The third-order valence-electron chi connectivity index (χ3n) is 4.18. The molecule has 3 aromatic carbocycles. The largest absolute Gasteiger partial charge is 0.465 e. The van der Waals surface area contributed by atoms with E-state index in [1.54, 1.807) is 24.3 Å². The Morgan fingerprint density at radius 3 is 1.96 bits per heavy atom. The second-order valence-electron chi connectivity index (χ2n) is 5.94. The van der Waals surface area contributed by atoms with E-state index in [9.17, 15) is 14.0 Å². The Balaban J connectivity index is 1.86. The van der Waals surface area contributed by atoms with Crippen LogP contribution in [0, 0.1) is 5.82 Å². The minimum atomic E-state index is -0.463. The van der Waals surface area contributed by atoms with E-state index in [4.69, 9.17) is 0 Å². The zero-order valence-corrected chi connectivity index (χ0v) is 14.7. The van der Waals surface area contributed by atoms with E-state index in [-0.39, 0.29) is 11.7 Å². The SMILES string of the molecule is COC(=O)c1ccc(C(=O)NC(c2ccccc2)c2ccc(F)cc2)cc1. The van der Waals surface area contributed by atoms with Crippen LogP contribution in [0.5, 0.6) is 0 Å². The minimum absolute atomic E-state index is 0.301. The fraction of sp³-hybridized carbons (Fsp3) is 0.0909. The molecule has 5 heteroatoms. The molecule has 0 aliphatic heterocycles. The van der Waals surface area contributed by atoms with Crippen LogP contribution in [0.4, 0.5) is 4.39 Å². The topological polar surface area (TPSA) is 55.4 Å². The molecule has 3 rings (SSSR count). The molecule has 0 aromatic heterocycles. The van der Waals surface area contributed by atoms with Gasteiger partial charge in [0.25, 0.3) is 5.91 Å². The Bertz CT molecular complexity index is 922. The predicted molar refractivity (Wildman–Crippen MR) is 99.9 cm³/mol. The van der Waals surface area contributed by atoms with Gasteiger partial charge in [0.15, 0.2) is 0 Å². The average molecular weight is 363 g/mol. The van der Waals surface area contributed by atoms with E-state index < -0.39 is 12.0 Å². The molecule has 27 heavy (non-hydrogen) atoms. The highest BCUT2D eigenvalue weighted by atomic mass is 19.1. The van der Waals surface area contributed by atoms with E-state index in [0.717, 1.165) is 11.1 Å². The number of hydrogen-bond donors (Lipinski definition) is 1. The van der Waals surface area contributed by atoms with E-state index >= 15 is 0 Å². The van der Waals surface area contributed by atoms with Crippen LogP contribution < -0.4 is 5.32 Å². The van der Waals surface area contributed by atoms with Gasteiger partial charge in [-0.3, -0.25) is 4.79 Å². The van der Waals surface area contributed by atoms with Gasteiger partial charge in [-0.2, -0.15) is 0 Å². The van der Waals surface area contributed by atoms with Gasteiger partial charge in [0.05, 0.1) is 18.7 Å². The van der Waals surface area contributed by atoms with Crippen LogP contribution in [-0.2, 0) is 4.74 Å². The maximum absolute atomic E-state index is 13.3. The van der Waals surface area contributed by atoms with Gasteiger partial charge in [-0.1, -0.05) is 42.5 Å². The van der Waals surface area contributed by atoms with Gasteiger partial charge in [0.1, 0.15) is 5.82 Å². The van der Waals surface area contributed by atoms with Crippen molar-refractivity contribution in [1.82, 2.24) is 5.32 Å². The molecule has 1 unspecified atom stereocenters.